The predicted octanol–water partition coefficient (Wildman–Crippen LogP) is 2.22. The average molecular weight is 372 g/mol. The maximum Gasteiger partial charge on any atom is 0.227 e. The summed E-state index contributed by atoms with van der Waals surface area (Å²) in [5.41, 5.74) is 1.04. The molecule has 26 heavy (non-hydrogen) atoms. The second-order valence-electron chi connectivity index (χ2n) is 6.74. The summed E-state index contributed by atoms with van der Waals surface area (Å²) in [6, 6.07) is 4.10. The number of aryl methyl sites for hydroxylation is 1. The van der Waals surface area contributed by atoms with Gasteiger partial charge < -0.3 is 14.7 Å². The highest BCUT2D eigenvalue weighted by molar-refractivity contribution is 7.98. The Morgan fingerprint density at radius 2 is 1.54 bits per heavy atom. The van der Waals surface area contributed by atoms with Crippen LogP contribution in [-0.2, 0) is 0 Å². The van der Waals surface area contributed by atoms with Crippen LogP contribution in [0.5, 0.6) is 0 Å². The van der Waals surface area contributed by atoms with Crippen LogP contribution >= 0.6 is 11.8 Å². The van der Waals surface area contributed by atoms with Gasteiger partial charge in [0.1, 0.15) is 11.6 Å². The number of anilines is 3. The quantitative estimate of drug-likeness (QED) is 0.599. The molecule has 2 aromatic heterocycles. The Morgan fingerprint density at radius 3 is 2.27 bits per heavy atom. The summed E-state index contributed by atoms with van der Waals surface area (Å²) in [6.45, 7) is 7.92. The minimum absolute atomic E-state index is 0.821. The smallest absolute Gasteiger partial charge is 0.227 e. The third kappa shape index (κ3) is 3.70. The first kappa shape index (κ1) is 17.3. The lowest BCUT2D eigenvalue weighted by molar-refractivity contribution is 0.630. The number of hydrogen-bond donors (Lipinski definition) is 0. The van der Waals surface area contributed by atoms with E-state index in [2.05, 4.69) is 37.7 Å². The zero-order valence-electron chi connectivity index (χ0n) is 15.4. The molecule has 0 N–H and O–H groups in total. The summed E-state index contributed by atoms with van der Waals surface area (Å²) in [5, 5.41) is 0.821. The molecule has 0 aliphatic carbocycles. The van der Waals surface area contributed by atoms with Gasteiger partial charge >= 0.3 is 0 Å². The lowest BCUT2D eigenvalue weighted by atomic mass is 10.3. The third-order valence-electron chi connectivity index (χ3n) is 4.95. The minimum Gasteiger partial charge on any atom is -0.356 e. The molecule has 0 spiro atoms. The van der Waals surface area contributed by atoms with Crippen molar-refractivity contribution in [3.05, 3.63) is 24.0 Å². The lowest BCUT2D eigenvalue weighted by Crippen LogP contribution is -2.47. The molecule has 0 amide bonds. The normalized spacial score (nSPS) is 17.8. The Hall–Kier alpha value is -2.09. The zero-order valence-corrected chi connectivity index (χ0v) is 16.2. The van der Waals surface area contributed by atoms with E-state index < -0.39 is 0 Å². The Morgan fingerprint density at radius 1 is 0.846 bits per heavy atom. The van der Waals surface area contributed by atoms with Crippen LogP contribution in [0.3, 0.4) is 0 Å². The Balaban J connectivity index is 1.46. The van der Waals surface area contributed by atoms with Crippen molar-refractivity contribution in [2.75, 3.05) is 60.2 Å². The van der Waals surface area contributed by atoms with E-state index in [0.717, 1.165) is 67.7 Å². The van der Waals surface area contributed by atoms with Gasteiger partial charge in [-0.1, -0.05) is 11.8 Å². The number of rotatable bonds is 4. The monoisotopic (exact) mass is 371 g/mol. The van der Waals surface area contributed by atoms with E-state index in [1.54, 1.807) is 11.8 Å². The van der Waals surface area contributed by atoms with Crippen LogP contribution in [-0.4, -0.2) is 65.5 Å². The van der Waals surface area contributed by atoms with E-state index in [1.807, 2.05) is 18.5 Å². The van der Waals surface area contributed by atoms with E-state index in [9.17, 15) is 0 Å². The van der Waals surface area contributed by atoms with Crippen LogP contribution in [0.2, 0.25) is 0 Å². The molecule has 0 saturated carbocycles. The maximum absolute atomic E-state index is 4.86. The molecular weight excluding hydrogens is 346 g/mol. The van der Waals surface area contributed by atoms with Crippen molar-refractivity contribution in [1.82, 2.24) is 19.9 Å². The van der Waals surface area contributed by atoms with Gasteiger partial charge in [-0.15, -0.1) is 0 Å². The van der Waals surface area contributed by atoms with Crippen LogP contribution in [0.4, 0.5) is 17.6 Å². The zero-order chi connectivity index (χ0) is 17.9. The molecule has 0 radical (unpaired) electrons. The highest BCUT2D eigenvalue weighted by atomic mass is 32.2. The number of aromatic nitrogens is 4. The van der Waals surface area contributed by atoms with E-state index in [0.29, 0.717) is 0 Å². The lowest BCUT2D eigenvalue weighted by Gasteiger charge is -2.35. The molecule has 2 aliphatic rings. The first-order valence-corrected chi connectivity index (χ1v) is 10.4. The SMILES string of the molecule is CSc1nccc(N2CCN(c3nc(C)cc(N4CCCC4)n3)CC2)n1. The highest BCUT2D eigenvalue weighted by Crippen LogP contribution is 2.23. The van der Waals surface area contributed by atoms with Crippen LogP contribution in [0.15, 0.2) is 23.5 Å². The number of piperazine rings is 1. The van der Waals surface area contributed by atoms with Crippen molar-refractivity contribution in [3.63, 3.8) is 0 Å². The molecule has 7 nitrogen and oxygen atoms in total. The molecule has 0 unspecified atom stereocenters. The van der Waals surface area contributed by atoms with Crippen LogP contribution in [0, 0.1) is 6.92 Å². The number of nitrogens with zero attached hydrogens (tertiary/aromatic N) is 7. The maximum atomic E-state index is 4.86. The van der Waals surface area contributed by atoms with Gasteiger partial charge in [0.05, 0.1) is 0 Å². The molecule has 0 atom stereocenters. The van der Waals surface area contributed by atoms with Crippen molar-refractivity contribution in [2.45, 2.75) is 24.9 Å². The first-order chi connectivity index (χ1) is 12.7. The largest absolute Gasteiger partial charge is 0.356 e. The summed E-state index contributed by atoms with van der Waals surface area (Å²) >= 11 is 1.58. The van der Waals surface area contributed by atoms with Gasteiger partial charge in [0.25, 0.3) is 0 Å². The molecular formula is C18H25N7S. The van der Waals surface area contributed by atoms with Crippen molar-refractivity contribution in [2.24, 2.45) is 0 Å². The molecule has 0 aromatic carbocycles. The summed E-state index contributed by atoms with van der Waals surface area (Å²) in [5.74, 6) is 2.94. The van der Waals surface area contributed by atoms with Gasteiger partial charge in [-0.2, -0.15) is 4.98 Å². The summed E-state index contributed by atoms with van der Waals surface area (Å²) in [7, 11) is 0. The van der Waals surface area contributed by atoms with Gasteiger partial charge in [-0.05, 0) is 32.1 Å². The molecule has 2 aliphatic heterocycles. The molecule has 0 bridgehead atoms. The van der Waals surface area contributed by atoms with Crippen molar-refractivity contribution in [1.29, 1.82) is 0 Å². The molecule has 2 aromatic rings. The molecule has 2 fully saturated rings. The van der Waals surface area contributed by atoms with Crippen molar-refractivity contribution >= 4 is 29.3 Å². The standard InChI is InChI=1S/C18H25N7S/c1-14-13-16(23-7-3-4-8-23)21-17(20-14)25-11-9-24(10-12-25)15-5-6-19-18(22-15)26-2/h5-6,13H,3-4,7-12H2,1-2H3. The number of hydrogen-bond acceptors (Lipinski definition) is 8. The fourth-order valence-electron chi connectivity index (χ4n) is 3.53. The van der Waals surface area contributed by atoms with Gasteiger partial charge in [0, 0.05) is 57.2 Å². The van der Waals surface area contributed by atoms with Crippen LogP contribution in [0.25, 0.3) is 0 Å². The van der Waals surface area contributed by atoms with Crippen molar-refractivity contribution < 1.29 is 0 Å². The second-order valence-corrected chi connectivity index (χ2v) is 7.51. The van der Waals surface area contributed by atoms with Gasteiger partial charge in [0.2, 0.25) is 5.95 Å². The van der Waals surface area contributed by atoms with E-state index in [1.165, 1.54) is 12.8 Å². The highest BCUT2D eigenvalue weighted by Gasteiger charge is 2.22. The van der Waals surface area contributed by atoms with E-state index in [4.69, 9.17) is 9.97 Å². The molecule has 4 rings (SSSR count). The fraction of sp³-hybridized carbons (Fsp3) is 0.556. The molecule has 138 valence electrons. The topological polar surface area (TPSA) is 61.3 Å². The van der Waals surface area contributed by atoms with Crippen LogP contribution < -0.4 is 14.7 Å². The Kier molecular flexibility index (Phi) is 5.10. The van der Waals surface area contributed by atoms with Gasteiger partial charge in [-0.25, -0.2) is 15.0 Å². The van der Waals surface area contributed by atoms with Crippen LogP contribution in [0.1, 0.15) is 18.5 Å². The van der Waals surface area contributed by atoms with Gasteiger partial charge in [0.15, 0.2) is 5.16 Å². The first-order valence-electron chi connectivity index (χ1n) is 9.20. The Bertz CT molecular complexity index is 755. The molecule has 2 saturated heterocycles. The summed E-state index contributed by atoms with van der Waals surface area (Å²) in [6.07, 6.45) is 6.36. The average Bonchev–Trinajstić information content (AvgIpc) is 3.23. The molecule has 4 heterocycles. The van der Waals surface area contributed by atoms with Crippen molar-refractivity contribution in [3.8, 4) is 0 Å². The summed E-state index contributed by atoms with van der Waals surface area (Å²) < 4.78 is 0. The van der Waals surface area contributed by atoms with E-state index in [-0.39, 0.29) is 0 Å². The Labute approximate surface area is 158 Å². The summed E-state index contributed by atoms with van der Waals surface area (Å²) in [4.78, 5) is 25.4. The fourth-order valence-corrected chi connectivity index (χ4v) is 3.88. The molecule has 8 heteroatoms. The second kappa shape index (κ2) is 7.65. The predicted molar refractivity (Wildman–Crippen MR) is 106 cm³/mol. The number of thioether (sulfide) groups is 1. The third-order valence-corrected chi connectivity index (χ3v) is 5.51. The van der Waals surface area contributed by atoms with Gasteiger partial charge in [-0.3, -0.25) is 0 Å². The van der Waals surface area contributed by atoms with E-state index >= 15 is 0 Å². The minimum atomic E-state index is 0.821.